The summed E-state index contributed by atoms with van der Waals surface area (Å²) in [4.78, 5) is 21.5. The SMILES string of the molecule is COc1ccc(-c2noc(N3CCC(C(=O)NCCCN(C)Cc4ccccc4)CC3)n2)cc1. The summed E-state index contributed by atoms with van der Waals surface area (Å²) in [6, 6.07) is 18.5. The number of anilines is 1. The van der Waals surface area contributed by atoms with Crippen LogP contribution in [0.4, 0.5) is 6.01 Å². The number of carbonyl (C=O) groups is 1. The molecule has 0 bridgehead atoms. The summed E-state index contributed by atoms with van der Waals surface area (Å²) < 4.78 is 10.7. The Kier molecular flexibility index (Phi) is 8.14. The number of nitrogens with zero attached hydrogens (tertiary/aromatic N) is 4. The van der Waals surface area contributed by atoms with E-state index in [4.69, 9.17) is 9.26 Å². The highest BCUT2D eigenvalue weighted by Gasteiger charge is 2.27. The second-order valence-corrected chi connectivity index (χ2v) is 8.76. The Morgan fingerprint density at radius 3 is 2.59 bits per heavy atom. The lowest BCUT2D eigenvalue weighted by Crippen LogP contribution is -2.41. The maximum absolute atomic E-state index is 12.6. The third kappa shape index (κ3) is 6.35. The Labute approximate surface area is 200 Å². The van der Waals surface area contributed by atoms with Gasteiger partial charge in [-0.05, 0) is 62.7 Å². The van der Waals surface area contributed by atoms with Crippen LogP contribution < -0.4 is 15.0 Å². The number of methoxy groups -OCH3 is 1. The highest BCUT2D eigenvalue weighted by molar-refractivity contribution is 5.78. The molecule has 1 fully saturated rings. The Morgan fingerprint density at radius 2 is 1.88 bits per heavy atom. The maximum Gasteiger partial charge on any atom is 0.324 e. The van der Waals surface area contributed by atoms with Gasteiger partial charge in [0.1, 0.15) is 5.75 Å². The lowest BCUT2D eigenvalue weighted by Gasteiger charge is -2.29. The van der Waals surface area contributed by atoms with Crippen LogP contribution in [0.15, 0.2) is 59.1 Å². The van der Waals surface area contributed by atoms with Crippen molar-refractivity contribution in [1.29, 1.82) is 0 Å². The largest absolute Gasteiger partial charge is 0.497 e. The normalized spacial score (nSPS) is 14.4. The van der Waals surface area contributed by atoms with Crippen molar-refractivity contribution < 1.29 is 14.1 Å². The van der Waals surface area contributed by atoms with E-state index in [0.717, 1.165) is 56.8 Å². The summed E-state index contributed by atoms with van der Waals surface area (Å²) >= 11 is 0. The van der Waals surface area contributed by atoms with E-state index in [9.17, 15) is 4.79 Å². The number of amides is 1. The zero-order valence-corrected chi connectivity index (χ0v) is 19.9. The van der Waals surface area contributed by atoms with Crippen LogP contribution in [-0.4, -0.2) is 61.3 Å². The Bertz CT molecular complexity index is 1030. The van der Waals surface area contributed by atoms with Crippen LogP contribution in [0.2, 0.25) is 0 Å². The molecule has 0 saturated carbocycles. The third-order valence-electron chi connectivity index (χ3n) is 6.21. The number of piperidine rings is 1. The van der Waals surface area contributed by atoms with Crippen molar-refractivity contribution in [1.82, 2.24) is 20.4 Å². The van der Waals surface area contributed by atoms with Crippen molar-refractivity contribution in [2.24, 2.45) is 5.92 Å². The van der Waals surface area contributed by atoms with Crippen LogP contribution in [0.3, 0.4) is 0 Å². The van der Waals surface area contributed by atoms with Crippen molar-refractivity contribution >= 4 is 11.9 Å². The molecule has 1 aliphatic heterocycles. The zero-order valence-electron chi connectivity index (χ0n) is 19.9. The molecule has 3 aromatic rings. The Hall–Kier alpha value is -3.39. The first-order valence-corrected chi connectivity index (χ1v) is 11.9. The summed E-state index contributed by atoms with van der Waals surface area (Å²) in [6.07, 6.45) is 2.49. The quantitative estimate of drug-likeness (QED) is 0.460. The van der Waals surface area contributed by atoms with E-state index in [-0.39, 0.29) is 11.8 Å². The second kappa shape index (κ2) is 11.7. The fourth-order valence-electron chi connectivity index (χ4n) is 4.21. The smallest absolute Gasteiger partial charge is 0.324 e. The molecular weight excluding hydrogens is 430 g/mol. The topological polar surface area (TPSA) is 83.7 Å². The summed E-state index contributed by atoms with van der Waals surface area (Å²) in [5, 5.41) is 7.23. The molecule has 4 rings (SSSR count). The first-order chi connectivity index (χ1) is 16.6. The number of hydrogen-bond acceptors (Lipinski definition) is 7. The van der Waals surface area contributed by atoms with Gasteiger partial charge in [-0.15, -0.1) is 0 Å². The fourth-order valence-corrected chi connectivity index (χ4v) is 4.21. The molecule has 34 heavy (non-hydrogen) atoms. The summed E-state index contributed by atoms with van der Waals surface area (Å²) in [5.41, 5.74) is 2.18. The van der Waals surface area contributed by atoms with E-state index >= 15 is 0 Å². The van der Waals surface area contributed by atoms with E-state index in [0.29, 0.717) is 18.4 Å². The second-order valence-electron chi connectivity index (χ2n) is 8.76. The summed E-state index contributed by atoms with van der Waals surface area (Å²) in [6.45, 7) is 4.02. The first-order valence-electron chi connectivity index (χ1n) is 11.9. The van der Waals surface area contributed by atoms with Crippen LogP contribution in [0, 0.1) is 5.92 Å². The first kappa shape index (κ1) is 23.8. The highest BCUT2D eigenvalue weighted by atomic mass is 16.5. The van der Waals surface area contributed by atoms with E-state index in [1.165, 1.54) is 5.56 Å². The van der Waals surface area contributed by atoms with E-state index < -0.39 is 0 Å². The van der Waals surface area contributed by atoms with Gasteiger partial charge < -0.3 is 24.4 Å². The van der Waals surface area contributed by atoms with Crippen molar-refractivity contribution in [3.05, 3.63) is 60.2 Å². The zero-order chi connectivity index (χ0) is 23.8. The highest BCUT2D eigenvalue weighted by Crippen LogP contribution is 2.25. The van der Waals surface area contributed by atoms with Gasteiger partial charge in [-0.3, -0.25) is 4.79 Å². The van der Waals surface area contributed by atoms with Crippen LogP contribution in [0.1, 0.15) is 24.8 Å². The molecule has 1 amide bonds. The van der Waals surface area contributed by atoms with E-state index in [2.05, 4.69) is 56.6 Å². The molecule has 1 saturated heterocycles. The van der Waals surface area contributed by atoms with Gasteiger partial charge in [0.25, 0.3) is 0 Å². The van der Waals surface area contributed by atoms with Gasteiger partial charge in [0.05, 0.1) is 7.11 Å². The molecule has 1 aliphatic rings. The molecule has 0 atom stereocenters. The average Bonchev–Trinajstić information content (AvgIpc) is 3.38. The van der Waals surface area contributed by atoms with Gasteiger partial charge in [-0.25, -0.2) is 0 Å². The summed E-state index contributed by atoms with van der Waals surface area (Å²) in [5.74, 6) is 1.51. The molecule has 2 aromatic carbocycles. The van der Waals surface area contributed by atoms with Crippen molar-refractivity contribution in [3.63, 3.8) is 0 Å². The molecule has 0 radical (unpaired) electrons. The molecule has 1 aromatic heterocycles. The predicted octanol–water partition coefficient (Wildman–Crippen LogP) is 3.60. The van der Waals surface area contributed by atoms with Gasteiger partial charge in [0.2, 0.25) is 11.7 Å². The third-order valence-corrected chi connectivity index (χ3v) is 6.21. The Morgan fingerprint density at radius 1 is 1.15 bits per heavy atom. The molecular formula is C26H33N5O3. The lowest BCUT2D eigenvalue weighted by molar-refractivity contribution is -0.125. The fraction of sp³-hybridized carbons (Fsp3) is 0.423. The van der Waals surface area contributed by atoms with Crippen molar-refractivity contribution in [3.8, 4) is 17.1 Å². The molecule has 0 unspecified atom stereocenters. The Balaban J connectivity index is 1.16. The minimum absolute atomic E-state index is 0.0299. The average molecular weight is 464 g/mol. The van der Waals surface area contributed by atoms with Gasteiger partial charge in [0.15, 0.2) is 0 Å². The number of rotatable bonds is 10. The number of hydrogen-bond donors (Lipinski definition) is 1. The maximum atomic E-state index is 12.6. The number of aromatic nitrogens is 2. The molecule has 0 aliphatic carbocycles. The van der Waals surface area contributed by atoms with Crippen LogP contribution in [0.5, 0.6) is 5.75 Å². The van der Waals surface area contributed by atoms with Crippen LogP contribution in [0.25, 0.3) is 11.4 Å². The molecule has 2 heterocycles. The molecule has 180 valence electrons. The van der Waals surface area contributed by atoms with Crippen molar-refractivity contribution in [2.75, 3.05) is 45.2 Å². The molecule has 8 heteroatoms. The van der Waals surface area contributed by atoms with Gasteiger partial charge in [-0.1, -0.05) is 35.5 Å². The van der Waals surface area contributed by atoms with Crippen LogP contribution in [-0.2, 0) is 11.3 Å². The minimum atomic E-state index is 0.0299. The van der Waals surface area contributed by atoms with Crippen molar-refractivity contribution in [2.45, 2.75) is 25.8 Å². The summed E-state index contributed by atoms with van der Waals surface area (Å²) in [7, 11) is 3.75. The standard InChI is InChI=1S/C26H33N5O3/c1-30(19-20-7-4-3-5-8-20)16-6-15-27-25(32)22-13-17-31(18-14-22)26-28-24(29-34-26)21-9-11-23(33-2)12-10-21/h3-5,7-12,22H,6,13-19H2,1-2H3,(H,27,32). The lowest BCUT2D eigenvalue weighted by atomic mass is 9.96. The number of carbonyl (C=O) groups excluding carboxylic acids is 1. The molecule has 1 N–H and O–H groups in total. The molecule has 0 spiro atoms. The molecule has 8 nitrogen and oxygen atoms in total. The monoisotopic (exact) mass is 463 g/mol. The minimum Gasteiger partial charge on any atom is -0.497 e. The van der Waals surface area contributed by atoms with E-state index in [1.807, 2.05) is 30.3 Å². The predicted molar refractivity (Wildman–Crippen MR) is 132 cm³/mol. The number of benzene rings is 2. The van der Waals surface area contributed by atoms with Gasteiger partial charge in [0, 0.05) is 37.7 Å². The van der Waals surface area contributed by atoms with Gasteiger partial charge >= 0.3 is 6.01 Å². The van der Waals surface area contributed by atoms with Crippen LogP contribution >= 0.6 is 0 Å². The van der Waals surface area contributed by atoms with E-state index in [1.54, 1.807) is 7.11 Å². The van der Waals surface area contributed by atoms with Gasteiger partial charge in [-0.2, -0.15) is 4.98 Å². The number of ether oxygens (including phenoxy) is 1. The number of nitrogens with one attached hydrogen (secondary N) is 1.